The van der Waals surface area contributed by atoms with E-state index in [2.05, 4.69) is 10.6 Å². The number of rotatable bonds is 8. The van der Waals surface area contributed by atoms with Crippen LogP contribution in [0, 0.1) is 0 Å². The first-order valence-corrected chi connectivity index (χ1v) is 11.5. The molecule has 2 aromatic carbocycles. The quantitative estimate of drug-likeness (QED) is 0.483. The Hall–Kier alpha value is -3.30. The van der Waals surface area contributed by atoms with Crippen molar-refractivity contribution in [2.45, 2.75) is 16.7 Å². The molecule has 32 heavy (non-hydrogen) atoms. The summed E-state index contributed by atoms with van der Waals surface area (Å²) in [7, 11) is -2.41. The maximum atomic E-state index is 13.1. The van der Waals surface area contributed by atoms with Gasteiger partial charge in [0.1, 0.15) is 16.8 Å². The third-order valence-corrected chi connectivity index (χ3v) is 6.95. The highest BCUT2D eigenvalue weighted by molar-refractivity contribution is 7.91. The Bertz CT molecular complexity index is 1180. The highest BCUT2D eigenvalue weighted by atomic mass is 35.5. The largest absolute Gasteiger partial charge is 0.497 e. The fraction of sp³-hybridized carbons (Fsp3) is 0.182. The number of hydrogen-bond acceptors (Lipinski definition) is 6. The van der Waals surface area contributed by atoms with E-state index in [1.54, 1.807) is 30.3 Å². The normalized spacial score (nSPS) is 12.1. The minimum Gasteiger partial charge on any atom is -0.497 e. The van der Waals surface area contributed by atoms with Gasteiger partial charge < -0.3 is 19.8 Å². The zero-order valence-corrected chi connectivity index (χ0v) is 18.7. The van der Waals surface area contributed by atoms with E-state index in [1.165, 1.54) is 43.7 Å². The van der Waals surface area contributed by atoms with Crippen LogP contribution in [-0.4, -0.2) is 33.9 Å². The van der Waals surface area contributed by atoms with Crippen LogP contribution in [0.5, 0.6) is 5.75 Å². The van der Waals surface area contributed by atoms with Crippen molar-refractivity contribution in [2.24, 2.45) is 0 Å². The van der Waals surface area contributed by atoms with E-state index in [0.717, 1.165) is 5.56 Å². The molecule has 3 aromatic rings. The second kappa shape index (κ2) is 10.3. The molecule has 0 saturated carbocycles. The third kappa shape index (κ3) is 5.68. The van der Waals surface area contributed by atoms with Gasteiger partial charge in [0.2, 0.25) is 0 Å². The van der Waals surface area contributed by atoms with Gasteiger partial charge in [-0.15, -0.1) is 0 Å². The highest BCUT2D eigenvalue weighted by Crippen LogP contribution is 2.29. The lowest BCUT2D eigenvalue weighted by atomic mass is 10.2. The van der Waals surface area contributed by atoms with Crippen molar-refractivity contribution in [3.63, 3.8) is 0 Å². The first-order valence-electron chi connectivity index (χ1n) is 9.53. The summed E-state index contributed by atoms with van der Waals surface area (Å²) in [6.45, 7) is -0.252. The van der Waals surface area contributed by atoms with Crippen LogP contribution in [-0.2, 0) is 26.0 Å². The summed E-state index contributed by atoms with van der Waals surface area (Å²) in [6.07, 6.45) is 1.34. The van der Waals surface area contributed by atoms with E-state index < -0.39 is 26.9 Å². The maximum absolute atomic E-state index is 13.1. The third-order valence-electron chi connectivity index (χ3n) is 4.62. The molecule has 0 fully saturated rings. The predicted molar refractivity (Wildman–Crippen MR) is 118 cm³/mol. The van der Waals surface area contributed by atoms with Crippen LogP contribution in [0.4, 0.5) is 0 Å². The van der Waals surface area contributed by atoms with E-state index in [0.29, 0.717) is 10.8 Å². The Balaban J connectivity index is 1.67. The lowest BCUT2D eigenvalue weighted by Crippen LogP contribution is -2.42. The van der Waals surface area contributed by atoms with Crippen LogP contribution < -0.4 is 15.4 Å². The van der Waals surface area contributed by atoms with Gasteiger partial charge in [-0.3, -0.25) is 9.59 Å². The lowest BCUT2D eigenvalue weighted by molar-refractivity contribution is -0.139. The molecule has 0 aliphatic heterocycles. The number of methoxy groups -OCH3 is 1. The van der Waals surface area contributed by atoms with Crippen LogP contribution in [0.3, 0.4) is 0 Å². The Kier molecular flexibility index (Phi) is 7.55. The highest BCUT2D eigenvalue weighted by Gasteiger charge is 2.32. The standard InChI is InChI=1S/C22H21ClN2O6S/c1-30-17-5-2-4-15(12-17)13-24-21(26)22(27)25-14-20(19-6-3-11-31-19)32(28,29)18-9-7-16(23)8-10-18/h2-12,20H,13-14H2,1H3,(H,24,26)(H,25,27)/t20-/m0/s1. The number of carbonyl (C=O) groups is 2. The molecular weight excluding hydrogens is 456 g/mol. The van der Waals surface area contributed by atoms with Gasteiger partial charge >= 0.3 is 11.8 Å². The Morgan fingerprint density at radius 2 is 1.75 bits per heavy atom. The molecular formula is C22H21ClN2O6S. The van der Waals surface area contributed by atoms with Gasteiger partial charge in [-0.1, -0.05) is 23.7 Å². The van der Waals surface area contributed by atoms with Crippen molar-refractivity contribution in [1.29, 1.82) is 0 Å². The zero-order chi connectivity index (χ0) is 23.1. The molecule has 10 heteroatoms. The first kappa shape index (κ1) is 23.4. The van der Waals surface area contributed by atoms with Crippen LogP contribution in [0.1, 0.15) is 16.6 Å². The summed E-state index contributed by atoms with van der Waals surface area (Å²) in [6, 6.07) is 15.7. The molecule has 8 nitrogen and oxygen atoms in total. The van der Waals surface area contributed by atoms with Gasteiger partial charge in [0.25, 0.3) is 0 Å². The smallest absolute Gasteiger partial charge is 0.309 e. The summed E-state index contributed by atoms with van der Waals surface area (Å²) >= 11 is 5.85. The molecule has 1 aromatic heterocycles. The fourth-order valence-corrected chi connectivity index (χ4v) is 4.65. The summed E-state index contributed by atoms with van der Waals surface area (Å²) in [5, 5.41) is 4.03. The topological polar surface area (TPSA) is 115 Å². The molecule has 0 radical (unpaired) electrons. The van der Waals surface area contributed by atoms with Crippen LogP contribution >= 0.6 is 11.6 Å². The summed E-state index contributed by atoms with van der Waals surface area (Å²) in [5.74, 6) is -1.10. The molecule has 2 amide bonds. The van der Waals surface area contributed by atoms with E-state index in [-0.39, 0.29) is 23.7 Å². The summed E-state index contributed by atoms with van der Waals surface area (Å²) < 4.78 is 36.7. The van der Waals surface area contributed by atoms with Crippen molar-refractivity contribution in [2.75, 3.05) is 13.7 Å². The minimum absolute atomic E-state index is 0.0139. The molecule has 0 aliphatic carbocycles. The van der Waals surface area contributed by atoms with Crippen LogP contribution in [0.15, 0.2) is 76.2 Å². The van der Waals surface area contributed by atoms with Crippen molar-refractivity contribution in [3.05, 3.63) is 83.3 Å². The number of hydrogen-bond donors (Lipinski definition) is 2. The van der Waals surface area contributed by atoms with E-state index >= 15 is 0 Å². The van der Waals surface area contributed by atoms with Gasteiger partial charge in [-0.05, 0) is 54.1 Å². The number of amides is 2. The monoisotopic (exact) mass is 476 g/mol. The van der Waals surface area contributed by atoms with Crippen molar-refractivity contribution >= 4 is 33.3 Å². The van der Waals surface area contributed by atoms with Crippen molar-refractivity contribution in [3.8, 4) is 5.75 Å². The number of furan rings is 1. The number of carbonyl (C=O) groups excluding carboxylic acids is 2. The van der Waals surface area contributed by atoms with Gasteiger partial charge in [0, 0.05) is 18.1 Å². The number of nitrogens with one attached hydrogen (secondary N) is 2. The Morgan fingerprint density at radius 3 is 2.41 bits per heavy atom. The molecule has 2 N–H and O–H groups in total. The molecule has 1 heterocycles. The first-order chi connectivity index (χ1) is 15.3. The number of halogens is 1. The van der Waals surface area contributed by atoms with Crippen LogP contribution in [0.2, 0.25) is 5.02 Å². The van der Waals surface area contributed by atoms with Gasteiger partial charge in [0.15, 0.2) is 9.84 Å². The van der Waals surface area contributed by atoms with E-state index in [4.69, 9.17) is 20.8 Å². The molecule has 0 spiro atoms. The molecule has 0 aliphatic rings. The molecule has 0 saturated heterocycles. The van der Waals surface area contributed by atoms with Gasteiger partial charge in [0.05, 0.1) is 18.3 Å². The summed E-state index contributed by atoms with van der Waals surface area (Å²) in [4.78, 5) is 24.5. The molecule has 0 unspecified atom stereocenters. The average Bonchev–Trinajstić information content (AvgIpc) is 3.32. The zero-order valence-electron chi connectivity index (χ0n) is 17.1. The molecule has 1 atom stereocenters. The van der Waals surface area contributed by atoms with Crippen LogP contribution in [0.25, 0.3) is 0 Å². The van der Waals surface area contributed by atoms with E-state index in [1.807, 2.05) is 0 Å². The minimum atomic E-state index is -3.94. The number of benzene rings is 2. The maximum Gasteiger partial charge on any atom is 0.309 e. The fourth-order valence-electron chi connectivity index (χ4n) is 2.94. The second-order valence-electron chi connectivity index (χ2n) is 6.75. The van der Waals surface area contributed by atoms with Crippen molar-refractivity contribution in [1.82, 2.24) is 10.6 Å². The number of ether oxygens (including phenoxy) is 1. The molecule has 3 rings (SSSR count). The second-order valence-corrected chi connectivity index (χ2v) is 9.31. The summed E-state index contributed by atoms with van der Waals surface area (Å²) in [5.41, 5.74) is 0.740. The Labute approximate surface area is 190 Å². The average molecular weight is 477 g/mol. The predicted octanol–water partition coefficient (Wildman–Crippen LogP) is 2.89. The molecule has 168 valence electrons. The van der Waals surface area contributed by atoms with Crippen molar-refractivity contribution < 1.29 is 27.2 Å². The lowest BCUT2D eigenvalue weighted by Gasteiger charge is -2.16. The molecule has 0 bridgehead atoms. The Morgan fingerprint density at radius 1 is 1.03 bits per heavy atom. The van der Waals surface area contributed by atoms with Gasteiger partial charge in [-0.25, -0.2) is 8.42 Å². The number of sulfone groups is 1. The SMILES string of the molecule is COc1cccc(CNC(=O)C(=O)NC[C@@H](c2ccco2)S(=O)(=O)c2ccc(Cl)cc2)c1. The van der Waals surface area contributed by atoms with E-state index in [9.17, 15) is 18.0 Å². The van der Waals surface area contributed by atoms with Gasteiger partial charge in [-0.2, -0.15) is 0 Å².